The van der Waals surface area contributed by atoms with Crippen molar-refractivity contribution in [3.05, 3.63) is 35.1 Å². The van der Waals surface area contributed by atoms with Crippen LogP contribution >= 0.6 is 0 Å². The number of nitrogens with one attached hydrogen (secondary N) is 1. The van der Waals surface area contributed by atoms with Crippen molar-refractivity contribution < 1.29 is 4.39 Å². The van der Waals surface area contributed by atoms with Crippen molar-refractivity contribution in [3.8, 4) is 0 Å². The Balaban J connectivity index is 2.25. The van der Waals surface area contributed by atoms with Crippen molar-refractivity contribution in [2.75, 3.05) is 7.05 Å². The van der Waals surface area contributed by atoms with Crippen LogP contribution in [0, 0.1) is 12.7 Å². The van der Waals surface area contributed by atoms with E-state index in [9.17, 15) is 4.39 Å². The van der Waals surface area contributed by atoms with Gasteiger partial charge in [0.2, 0.25) is 0 Å². The third-order valence-corrected chi connectivity index (χ3v) is 3.51. The molecule has 1 fully saturated rings. The minimum atomic E-state index is -0.0748. The molecule has 0 bridgehead atoms. The van der Waals surface area contributed by atoms with E-state index in [0.29, 0.717) is 12.0 Å². The average molecular weight is 207 g/mol. The van der Waals surface area contributed by atoms with Crippen molar-refractivity contribution >= 4 is 0 Å². The quantitative estimate of drug-likeness (QED) is 0.786. The second-order valence-corrected chi connectivity index (χ2v) is 4.44. The summed E-state index contributed by atoms with van der Waals surface area (Å²) in [6, 6.07) is 6.18. The molecule has 15 heavy (non-hydrogen) atoms. The lowest BCUT2D eigenvalue weighted by Gasteiger charge is -2.19. The van der Waals surface area contributed by atoms with Gasteiger partial charge in [-0.25, -0.2) is 4.39 Å². The Morgan fingerprint density at radius 1 is 1.33 bits per heavy atom. The topological polar surface area (TPSA) is 12.0 Å². The van der Waals surface area contributed by atoms with Crippen LogP contribution in [0.1, 0.15) is 36.3 Å². The zero-order valence-corrected chi connectivity index (χ0v) is 9.39. The second-order valence-electron chi connectivity index (χ2n) is 4.44. The van der Waals surface area contributed by atoms with Crippen molar-refractivity contribution in [3.63, 3.8) is 0 Å². The van der Waals surface area contributed by atoms with E-state index in [4.69, 9.17) is 0 Å². The largest absolute Gasteiger partial charge is 0.316 e. The van der Waals surface area contributed by atoms with Crippen LogP contribution in [-0.4, -0.2) is 13.1 Å². The highest BCUT2D eigenvalue weighted by atomic mass is 19.1. The summed E-state index contributed by atoms with van der Waals surface area (Å²) in [5, 5.41) is 3.32. The molecule has 0 saturated heterocycles. The van der Waals surface area contributed by atoms with Crippen LogP contribution in [0.4, 0.5) is 4.39 Å². The molecule has 0 radical (unpaired) electrons. The predicted molar refractivity (Wildman–Crippen MR) is 60.6 cm³/mol. The van der Waals surface area contributed by atoms with E-state index in [2.05, 4.69) is 11.4 Å². The van der Waals surface area contributed by atoms with Crippen LogP contribution in [-0.2, 0) is 0 Å². The summed E-state index contributed by atoms with van der Waals surface area (Å²) in [5.41, 5.74) is 1.88. The summed E-state index contributed by atoms with van der Waals surface area (Å²) in [4.78, 5) is 0. The fraction of sp³-hybridized carbons (Fsp3) is 0.538. The minimum absolute atomic E-state index is 0.0748. The molecule has 2 unspecified atom stereocenters. The zero-order chi connectivity index (χ0) is 10.8. The van der Waals surface area contributed by atoms with E-state index in [0.717, 1.165) is 11.1 Å². The van der Waals surface area contributed by atoms with Gasteiger partial charge in [-0.05, 0) is 49.9 Å². The Kier molecular flexibility index (Phi) is 3.06. The number of aryl methyl sites for hydroxylation is 1. The van der Waals surface area contributed by atoms with Gasteiger partial charge in [-0.1, -0.05) is 18.6 Å². The van der Waals surface area contributed by atoms with E-state index in [1.165, 1.54) is 19.3 Å². The molecule has 1 aromatic rings. The molecule has 1 nitrogen and oxygen atoms in total. The second kappa shape index (κ2) is 4.31. The molecule has 1 saturated carbocycles. The highest BCUT2D eigenvalue weighted by Crippen LogP contribution is 2.34. The molecule has 1 aromatic carbocycles. The molecule has 2 atom stereocenters. The highest BCUT2D eigenvalue weighted by molar-refractivity contribution is 5.28. The van der Waals surface area contributed by atoms with Crippen LogP contribution in [0.15, 0.2) is 18.2 Å². The molecule has 0 aliphatic heterocycles. The maximum Gasteiger partial charge on any atom is 0.126 e. The number of hydrogen-bond acceptors (Lipinski definition) is 1. The molecule has 0 spiro atoms. The monoisotopic (exact) mass is 207 g/mol. The number of likely N-dealkylation sites (N-methyl/N-ethyl adjacent to an activating group) is 1. The van der Waals surface area contributed by atoms with Crippen LogP contribution in [0.3, 0.4) is 0 Å². The number of halogens is 1. The van der Waals surface area contributed by atoms with Gasteiger partial charge >= 0.3 is 0 Å². The van der Waals surface area contributed by atoms with E-state index in [-0.39, 0.29) is 5.82 Å². The van der Waals surface area contributed by atoms with Gasteiger partial charge in [0, 0.05) is 6.04 Å². The summed E-state index contributed by atoms with van der Waals surface area (Å²) in [5.74, 6) is 0.416. The van der Waals surface area contributed by atoms with Crippen molar-refractivity contribution in [1.82, 2.24) is 5.32 Å². The fourth-order valence-corrected chi connectivity index (χ4v) is 2.54. The van der Waals surface area contributed by atoms with Gasteiger partial charge in [-0.2, -0.15) is 0 Å². The Morgan fingerprint density at radius 2 is 2.13 bits per heavy atom. The lowest BCUT2D eigenvalue weighted by molar-refractivity contribution is 0.518. The normalized spacial score (nSPS) is 25.8. The Hall–Kier alpha value is -0.890. The number of rotatable bonds is 2. The van der Waals surface area contributed by atoms with Gasteiger partial charge in [0.05, 0.1) is 0 Å². The molecule has 2 heteroatoms. The first kappa shape index (κ1) is 10.6. The van der Waals surface area contributed by atoms with E-state index >= 15 is 0 Å². The highest BCUT2D eigenvalue weighted by Gasteiger charge is 2.27. The van der Waals surface area contributed by atoms with E-state index < -0.39 is 0 Å². The third kappa shape index (κ3) is 2.05. The van der Waals surface area contributed by atoms with Crippen LogP contribution in [0.25, 0.3) is 0 Å². The van der Waals surface area contributed by atoms with Crippen molar-refractivity contribution in [1.29, 1.82) is 0 Å². The van der Waals surface area contributed by atoms with Gasteiger partial charge in [-0.15, -0.1) is 0 Å². The molecule has 1 N–H and O–H groups in total. The SMILES string of the molecule is CNC1CCCC1c1ccc(C)c(F)c1. The van der Waals surface area contributed by atoms with Gasteiger partial charge in [-0.3, -0.25) is 0 Å². The summed E-state index contributed by atoms with van der Waals surface area (Å²) >= 11 is 0. The van der Waals surface area contributed by atoms with Crippen LogP contribution < -0.4 is 5.32 Å². The zero-order valence-electron chi connectivity index (χ0n) is 9.39. The summed E-state index contributed by atoms with van der Waals surface area (Å²) < 4.78 is 13.4. The van der Waals surface area contributed by atoms with E-state index in [1.807, 2.05) is 20.0 Å². The van der Waals surface area contributed by atoms with Gasteiger partial charge in [0.15, 0.2) is 0 Å². The number of benzene rings is 1. The molecule has 82 valence electrons. The molecule has 1 aliphatic carbocycles. The number of hydrogen-bond donors (Lipinski definition) is 1. The lowest BCUT2D eigenvalue weighted by Crippen LogP contribution is -2.27. The molecule has 0 heterocycles. The molecular weight excluding hydrogens is 189 g/mol. The third-order valence-electron chi connectivity index (χ3n) is 3.51. The first-order chi connectivity index (χ1) is 7.22. The summed E-state index contributed by atoms with van der Waals surface area (Å²) in [7, 11) is 1.99. The average Bonchev–Trinajstić information content (AvgIpc) is 2.70. The smallest absolute Gasteiger partial charge is 0.126 e. The molecule has 0 amide bonds. The molecule has 0 aromatic heterocycles. The maximum absolute atomic E-state index is 13.4. The van der Waals surface area contributed by atoms with Gasteiger partial charge < -0.3 is 5.32 Å². The standard InChI is InChI=1S/C13H18FN/c1-9-6-7-10(8-12(9)14)11-4-3-5-13(11)15-2/h6-8,11,13,15H,3-5H2,1-2H3. The Labute approximate surface area is 90.7 Å². The Morgan fingerprint density at radius 3 is 2.80 bits per heavy atom. The van der Waals surface area contributed by atoms with Crippen LogP contribution in [0.2, 0.25) is 0 Å². The summed E-state index contributed by atoms with van der Waals surface area (Å²) in [6.45, 7) is 1.81. The Bertz CT molecular complexity index is 348. The molecule has 2 rings (SSSR count). The van der Waals surface area contributed by atoms with Crippen molar-refractivity contribution in [2.45, 2.75) is 38.1 Å². The molecular formula is C13H18FN. The first-order valence-corrected chi connectivity index (χ1v) is 5.65. The van der Waals surface area contributed by atoms with Crippen LogP contribution in [0.5, 0.6) is 0 Å². The predicted octanol–water partition coefficient (Wildman–Crippen LogP) is 2.99. The summed E-state index contributed by atoms with van der Waals surface area (Å²) in [6.07, 6.45) is 3.62. The van der Waals surface area contributed by atoms with E-state index in [1.54, 1.807) is 6.07 Å². The fourth-order valence-electron chi connectivity index (χ4n) is 2.54. The lowest BCUT2D eigenvalue weighted by atomic mass is 9.93. The molecule has 1 aliphatic rings. The first-order valence-electron chi connectivity index (χ1n) is 5.65. The maximum atomic E-state index is 13.4. The van der Waals surface area contributed by atoms with Gasteiger partial charge in [0.1, 0.15) is 5.82 Å². The van der Waals surface area contributed by atoms with Crippen molar-refractivity contribution in [2.24, 2.45) is 0 Å². The van der Waals surface area contributed by atoms with Gasteiger partial charge in [0.25, 0.3) is 0 Å². The minimum Gasteiger partial charge on any atom is -0.316 e.